The largest absolute Gasteiger partial charge is 0.324 e. The van der Waals surface area contributed by atoms with Crippen LogP contribution in [0.2, 0.25) is 0 Å². The van der Waals surface area contributed by atoms with E-state index in [2.05, 4.69) is 29.2 Å². The first-order valence-electron chi connectivity index (χ1n) is 8.95. The Bertz CT molecular complexity index is 1060. The fourth-order valence-corrected chi connectivity index (χ4v) is 3.07. The molecule has 27 heavy (non-hydrogen) atoms. The average molecular weight is 359 g/mol. The third-order valence-electron chi connectivity index (χ3n) is 4.41. The smallest absolute Gasteiger partial charge is 0.228 e. The minimum atomic E-state index is -0.0684. The van der Waals surface area contributed by atoms with E-state index in [1.807, 2.05) is 64.1 Å². The number of amides is 1. The number of hydrogen-bond donors (Lipinski definition) is 1. The van der Waals surface area contributed by atoms with Gasteiger partial charge in [0.05, 0.1) is 24.5 Å². The Morgan fingerprint density at radius 1 is 1.11 bits per heavy atom. The van der Waals surface area contributed by atoms with Crippen molar-refractivity contribution in [3.05, 3.63) is 72.8 Å². The number of aromatic nitrogens is 4. The first-order valence-corrected chi connectivity index (χ1v) is 8.95. The molecule has 0 aliphatic heterocycles. The third kappa shape index (κ3) is 3.60. The number of hydrogen-bond acceptors (Lipinski definition) is 3. The van der Waals surface area contributed by atoms with Crippen LogP contribution in [-0.2, 0) is 11.2 Å². The highest BCUT2D eigenvalue weighted by atomic mass is 16.1. The maximum atomic E-state index is 12.4. The normalized spacial score (nSPS) is 11.2. The molecule has 3 aromatic heterocycles. The number of rotatable bonds is 5. The molecule has 0 fully saturated rings. The van der Waals surface area contributed by atoms with Crippen molar-refractivity contribution < 1.29 is 4.79 Å². The number of carbonyl (C=O) groups excluding carboxylic acids is 1. The summed E-state index contributed by atoms with van der Waals surface area (Å²) in [5.41, 5.74) is 3.54. The van der Waals surface area contributed by atoms with Crippen molar-refractivity contribution >= 4 is 22.6 Å². The van der Waals surface area contributed by atoms with E-state index in [0.29, 0.717) is 12.1 Å². The molecule has 4 rings (SSSR count). The van der Waals surface area contributed by atoms with Gasteiger partial charge in [-0.3, -0.25) is 4.79 Å². The minimum Gasteiger partial charge on any atom is -0.324 e. The van der Waals surface area contributed by atoms with Crippen LogP contribution in [0.1, 0.15) is 25.5 Å². The summed E-state index contributed by atoms with van der Waals surface area (Å²) in [5.74, 6) is -0.0684. The van der Waals surface area contributed by atoms with Gasteiger partial charge < -0.3 is 9.88 Å². The van der Waals surface area contributed by atoms with Crippen molar-refractivity contribution in [1.29, 1.82) is 0 Å². The predicted molar refractivity (Wildman–Crippen MR) is 106 cm³/mol. The van der Waals surface area contributed by atoms with Crippen LogP contribution in [0.15, 0.2) is 67.3 Å². The zero-order chi connectivity index (χ0) is 18.8. The molecule has 6 heteroatoms. The van der Waals surface area contributed by atoms with Crippen LogP contribution >= 0.6 is 0 Å². The van der Waals surface area contributed by atoms with E-state index in [4.69, 9.17) is 0 Å². The van der Waals surface area contributed by atoms with Gasteiger partial charge in [-0.2, -0.15) is 5.10 Å². The summed E-state index contributed by atoms with van der Waals surface area (Å²) in [7, 11) is 0. The minimum absolute atomic E-state index is 0.0684. The highest BCUT2D eigenvalue weighted by Crippen LogP contribution is 2.19. The van der Waals surface area contributed by atoms with Crippen LogP contribution < -0.4 is 5.32 Å². The number of nitrogens with zero attached hydrogens (tertiary/aromatic N) is 4. The van der Waals surface area contributed by atoms with Crippen LogP contribution in [0, 0.1) is 0 Å². The topological polar surface area (TPSA) is 64.7 Å². The summed E-state index contributed by atoms with van der Waals surface area (Å²) < 4.78 is 3.90. The number of anilines is 1. The highest BCUT2D eigenvalue weighted by molar-refractivity contribution is 5.93. The monoisotopic (exact) mass is 359 g/mol. The Labute approximate surface area is 157 Å². The number of pyridine rings is 1. The maximum absolute atomic E-state index is 12.4. The molecule has 0 bridgehead atoms. The molecule has 0 aliphatic carbocycles. The fraction of sp³-hybridized carbons (Fsp3) is 0.190. The molecule has 0 saturated carbocycles. The van der Waals surface area contributed by atoms with Crippen molar-refractivity contribution in [3.63, 3.8) is 0 Å². The molecular formula is C21H21N5O. The van der Waals surface area contributed by atoms with Crippen molar-refractivity contribution in [1.82, 2.24) is 19.3 Å². The summed E-state index contributed by atoms with van der Waals surface area (Å²) in [6.45, 7) is 4.12. The quantitative estimate of drug-likeness (QED) is 0.586. The maximum Gasteiger partial charge on any atom is 0.228 e. The second-order valence-corrected chi connectivity index (χ2v) is 6.80. The molecule has 0 saturated heterocycles. The van der Waals surface area contributed by atoms with Crippen LogP contribution in [0.25, 0.3) is 16.7 Å². The molecule has 0 spiro atoms. The number of benzene rings is 1. The molecule has 3 heterocycles. The second-order valence-electron chi connectivity index (χ2n) is 6.80. The molecule has 0 radical (unpaired) electrons. The molecule has 136 valence electrons. The first-order chi connectivity index (χ1) is 13.1. The lowest BCUT2D eigenvalue weighted by Crippen LogP contribution is -2.14. The van der Waals surface area contributed by atoms with Gasteiger partial charge in [-0.15, -0.1) is 0 Å². The Balaban J connectivity index is 1.44. The lowest BCUT2D eigenvalue weighted by Gasteiger charge is -2.08. The van der Waals surface area contributed by atoms with Crippen LogP contribution in [0.5, 0.6) is 0 Å². The SMILES string of the molecule is CC(C)n1ncc2cc(NC(=O)Cc3ccc(-n4cccc4)cc3)cnc21. The molecule has 1 N–H and O–H groups in total. The van der Waals surface area contributed by atoms with E-state index < -0.39 is 0 Å². The van der Waals surface area contributed by atoms with Crippen molar-refractivity contribution in [2.45, 2.75) is 26.3 Å². The molecule has 1 aromatic carbocycles. The summed E-state index contributed by atoms with van der Waals surface area (Å²) in [6, 6.07) is 14.1. The number of fused-ring (bicyclic) bond motifs is 1. The van der Waals surface area contributed by atoms with Crippen LogP contribution in [0.4, 0.5) is 5.69 Å². The second kappa shape index (κ2) is 7.07. The van der Waals surface area contributed by atoms with E-state index >= 15 is 0 Å². The summed E-state index contributed by atoms with van der Waals surface area (Å²) in [4.78, 5) is 16.8. The van der Waals surface area contributed by atoms with Gasteiger partial charge in [0.25, 0.3) is 0 Å². The van der Waals surface area contributed by atoms with Gasteiger partial charge in [0.15, 0.2) is 5.65 Å². The van der Waals surface area contributed by atoms with E-state index in [0.717, 1.165) is 22.3 Å². The van der Waals surface area contributed by atoms with Crippen molar-refractivity contribution in [2.24, 2.45) is 0 Å². The van der Waals surface area contributed by atoms with Crippen LogP contribution in [0.3, 0.4) is 0 Å². The van der Waals surface area contributed by atoms with E-state index in [9.17, 15) is 4.79 Å². The fourth-order valence-electron chi connectivity index (χ4n) is 3.07. The van der Waals surface area contributed by atoms with Gasteiger partial charge in [-0.25, -0.2) is 9.67 Å². The molecule has 0 unspecified atom stereocenters. The van der Waals surface area contributed by atoms with Gasteiger partial charge >= 0.3 is 0 Å². The van der Waals surface area contributed by atoms with Crippen molar-refractivity contribution in [2.75, 3.05) is 5.32 Å². The standard InChI is InChI=1S/C21H21N5O/c1-15(2)26-21-17(13-23-26)12-18(14-22-21)24-20(27)11-16-5-7-19(8-6-16)25-9-3-4-10-25/h3-10,12-15H,11H2,1-2H3,(H,24,27). The zero-order valence-electron chi connectivity index (χ0n) is 15.3. The average Bonchev–Trinajstić information content (AvgIpc) is 3.31. The Morgan fingerprint density at radius 3 is 2.56 bits per heavy atom. The lowest BCUT2D eigenvalue weighted by atomic mass is 10.1. The summed E-state index contributed by atoms with van der Waals surface area (Å²) in [5, 5.41) is 8.19. The van der Waals surface area contributed by atoms with E-state index in [1.54, 1.807) is 12.4 Å². The molecule has 0 aliphatic rings. The molecular weight excluding hydrogens is 338 g/mol. The van der Waals surface area contributed by atoms with Gasteiger partial charge in [0, 0.05) is 29.5 Å². The summed E-state index contributed by atoms with van der Waals surface area (Å²) in [6.07, 6.45) is 7.75. The first kappa shape index (κ1) is 17.0. The Kier molecular flexibility index (Phi) is 4.46. The number of carbonyl (C=O) groups is 1. The van der Waals surface area contributed by atoms with Gasteiger partial charge in [0.2, 0.25) is 5.91 Å². The Hall–Kier alpha value is -3.41. The summed E-state index contributed by atoms with van der Waals surface area (Å²) >= 11 is 0. The number of nitrogens with one attached hydrogen (secondary N) is 1. The molecule has 1 amide bonds. The van der Waals surface area contributed by atoms with Gasteiger partial charge in [0.1, 0.15) is 0 Å². The molecule has 4 aromatic rings. The molecule has 6 nitrogen and oxygen atoms in total. The van der Waals surface area contributed by atoms with Gasteiger partial charge in [-0.1, -0.05) is 12.1 Å². The van der Waals surface area contributed by atoms with Crippen LogP contribution in [-0.4, -0.2) is 25.2 Å². The van der Waals surface area contributed by atoms with E-state index in [-0.39, 0.29) is 11.9 Å². The molecule has 0 atom stereocenters. The lowest BCUT2D eigenvalue weighted by molar-refractivity contribution is -0.115. The Morgan fingerprint density at radius 2 is 1.85 bits per heavy atom. The third-order valence-corrected chi connectivity index (χ3v) is 4.41. The van der Waals surface area contributed by atoms with Crippen molar-refractivity contribution in [3.8, 4) is 5.69 Å². The van der Waals surface area contributed by atoms with Gasteiger partial charge in [-0.05, 0) is 49.7 Å². The highest BCUT2D eigenvalue weighted by Gasteiger charge is 2.10. The van der Waals surface area contributed by atoms with E-state index in [1.165, 1.54) is 0 Å². The predicted octanol–water partition coefficient (Wildman–Crippen LogP) is 3.98. The zero-order valence-corrected chi connectivity index (χ0v) is 15.3.